The molecule has 3 rings (SSSR count). The first-order valence-electron chi connectivity index (χ1n) is 6.18. The number of thioether (sulfide) groups is 1. The number of hydrogen-bond acceptors (Lipinski definition) is 9. The normalized spacial score (nSPS) is 10.6. The Morgan fingerprint density at radius 1 is 1.35 bits per heavy atom. The molecule has 0 fully saturated rings. The van der Waals surface area contributed by atoms with E-state index in [1.165, 1.54) is 12.3 Å². The van der Waals surface area contributed by atoms with Gasteiger partial charge in [0.1, 0.15) is 0 Å². The molecule has 23 heavy (non-hydrogen) atoms. The van der Waals surface area contributed by atoms with Crippen LogP contribution in [0.2, 0.25) is 0 Å². The number of carbonyl (C=O) groups is 2. The molecule has 0 atom stereocenters. The summed E-state index contributed by atoms with van der Waals surface area (Å²) >= 11 is 2.27. The maximum absolute atomic E-state index is 12.1. The number of hydrogen-bond donors (Lipinski definition) is 2. The lowest BCUT2D eigenvalue weighted by molar-refractivity contribution is -0.115. The van der Waals surface area contributed by atoms with Gasteiger partial charge >= 0.3 is 0 Å². The SMILES string of the molecule is NC(=O)CSc1nnc(NC(=O)c2cc(-c3ccco3)on2)s1. The predicted molar refractivity (Wildman–Crippen MR) is 82.0 cm³/mol. The molecular weight excluding hydrogens is 342 g/mol. The van der Waals surface area contributed by atoms with Crippen LogP contribution in [-0.2, 0) is 4.79 Å². The number of nitrogens with zero attached hydrogens (tertiary/aromatic N) is 3. The molecule has 3 heterocycles. The van der Waals surface area contributed by atoms with Crippen molar-refractivity contribution >= 4 is 40.0 Å². The van der Waals surface area contributed by atoms with Gasteiger partial charge in [-0.3, -0.25) is 14.9 Å². The molecule has 0 aliphatic heterocycles. The molecule has 9 nitrogen and oxygen atoms in total. The van der Waals surface area contributed by atoms with Crippen LogP contribution in [0.5, 0.6) is 0 Å². The van der Waals surface area contributed by atoms with E-state index in [4.69, 9.17) is 14.7 Å². The largest absolute Gasteiger partial charge is 0.461 e. The maximum atomic E-state index is 12.1. The van der Waals surface area contributed by atoms with Crippen LogP contribution in [0.3, 0.4) is 0 Å². The van der Waals surface area contributed by atoms with Gasteiger partial charge in [-0.05, 0) is 12.1 Å². The fraction of sp³-hybridized carbons (Fsp3) is 0.0833. The highest BCUT2D eigenvalue weighted by atomic mass is 32.2. The van der Waals surface area contributed by atoms with E-state index in [-0.39, 0.29) is 16.6 Å². The highest BCUT2D eigenvalue weighted by molar-refractivity contribution is 8.01. The van der Waals surface area contributed by atoms with Crippen LogP contribution in [0.25, 0.3) is 11.5 Å². The Morgan fingerprint density at radius 2 is 2.22 bits per heavy atom. The Kier molecular flexibility index (Phi) is 4.39. The first-order chi connectivity index (χ1) is 11.1. The fourth-order valence-electron chi connectivity index (χ4n) is 1.53. The quantitative estimate of drug-likeness (QED) is 0.505. The average Bonchev–Trinajstić information content (AvgIpc) is 3.25. The van der Waals surface area contributed by atoms with Gasteiger partial charge in [0.25, 0.3) is 5.91 Å². The summed E-state index contributed by atoms with van der Waals surface area (Å²) in [5.41, 5.74) is 5.13. The summed E-state index contributed by atoms with van der Waals surface area (Å²) in [6.07, 6.45) is 1.49. The minimum absolute atomic E-state index is 0.0814. The molecule has 11 heteroatoms. The zero-order valence-electron chi connectivity index (χ0n) is 11.4. The van der Waals surface area contributed by atoms with Crippen LogP contribution in [0.15, 0.2) is 37.7 Å². The summed E-state index contributed by atoms with van der Waals surface area (Å²) in [5, 5.41) is 14.1. The van der Waals surface area contributed by atoms with Gasteiger partial charge in [0, 0.05) is 6.07 Å². The standard InChI is InChI=1S/C12H9N5O4S2/c13-9(18)5-22-12-16-15-11(23-12)14-10(19)6-4-8(21-17-6)7-2-1-3-20-7/h1-4H,5H2,(H2,13,18)(H,14,15,19). The van der Waals surface area contributed by atoms with E-state index in [2.05, 4.69) is 20.7 Å². The molecule has 118 valence electrons. The average molecular weight is 351 g/mol. The smallest absolute Gasteiger partial charge is 0.279 e. The number of aromatic nitrogens is 3. The van der Waals surface area contributed by atoms with Crippen LogP contribution in [0.1, 0.15) is 10.5 Å². The molecule has 0 unspecified atom stereocenters. The van der Waals surface area contributed by atoms with E-state index < -0.39 is 11.8 Å². The molecule has 0 spiro atoms. The minimum Gasteiger partial charge on any atom is -0.461 e. The summed E-state index contributed by atoms with van der Waals surface area (Å²) in [6.45, 7) is 0. The van der Waals surface area contributed by atoms with Gasteiger partial charge < -0.3 is 14.7 Å². The van der Waals surface area contributed by atoms with E-state index in [1.807, 2.05) is 0 Å². The van der Waals surface area contributed by atoms with Gasteiger partial charge in [0.15, 0.2) is 15.8 Å². The number of rotatable bonds is 6. The van der Waals surface area contributed by atoms with Crippen LogP contribution in [0, 0.1) is 0 Å². The first-order valence-corrected chi connectivity index (χ1v) is 7.98. The Balaban J connectivity index is 1.64. The summed E-state index contributed by atoms with van der Waals surface area (Å²) in [4.78, 5) is 22.8. The Morgan fingerprint density at radius 3 is 2.96 bits per heavy atom. The van der Waals surface area contributed by atoms with Crippen LogP contribution in [-0.4, -0.2) is 32.9 Å². The third kappa shape index (κ3) is 3.76. The lowest BCUT2D eigenvalue weighted by Gasteiger charge is -1.94. The number of nitrogens with one attached hydrogen (secondary N) is 1. The topological polar surface area (TPSA) is 137 Å². The van der Waals surface area contributed by atoms with E-state index in [0.29, 0.717) is 15.9 Å². The summed E-state index contributed by atoms with van der Waals surface area (Å²) in [7, 11) is 0. The van der Waals surface area contributed by atoms with Crippen molar-refractivity contribution in [2.75, 3.05) is 11.1 Å². The molecule has 2 amide bonds. The Labute approximate surface area is 137 Å². The van der Waals surface area contributed by atoms with Crippen LogP contribution < -0.4 is 11.1 Å². The number of furan rings is 1. The molecule has 0 aromatic carbocycles. The van der Waals surface area contributed by atoms with Crippen molar-refractivity contribution < 1.29 is 18.5 Å². The van der Waals surface area contributed by atoms with E-state index in [1.54, 1.807) is 12.1 Å². The number of anilines is 1. The van der Waals surface area contributed by atoms with Crippen molar-refractivity contribution in [3.8, 4) is 11.5 Å². The van der Waals surface area contributed by atoms with Gasteiger partial charge in [-0.15, -0.1) is 10.2 Å². The lowest BCUT2D eigenvalue weighted by Crippen LogP contribution is -2.12. The summed E-state index contributed by atoms with van der Waals surface area (Å²) < 4.78 is 10.7. The van der Waals surface area contributed by atoms with Crippen molar-refractivity contribution in [2.45, 2.75) is 4.34 Å². The molecule has 3 aromatic heterocycles. The maximum Gasteiger partial charge on any atom is 0.279 e. The van der Waals surface area contributed by atoms with Crippen molar-refractivity contribution in [3.63, 3.8) is 0 Å². The highest BCUT2D eigenvalue weighted by Crippen LogP contribution is 2.26. The van der Waals surface area contributed by atoms with Gasteiger partial charge in [-0.25, -0.2) is 0 Å². The van der Waals surface area contributed by atoms with Crippen molar-refractivity contribution in [1.29, 1.82) is 0 Å². The van der Waals surface area contributed by atoms with Crippen molar-refractivity contribution in [1.82, 2.24) is 15.4 Å². The second kappa shape index (κ2) is 6.62. The van der Waals surface area contributed by atoms with E-state index in [9.17, 15) is 9.59 Å². The van der Waals surface area contributed by atoms with Gasteiger partial charge in [-0.2, -0.15) is 0 Å². The molecule has 0 aliphatic rings. The Bertz CT molecular complexity index is 826. The molecule has 0 radical (unpaired) electrons. The third-order valence-corrected chi connectivity index (χ3v) is 4.47. The monoisotopic (exact) mass is 351 g/mol. The van der Waals surface area contributed by atoms with Gasteiger partial charge in [0.2, 0.25) is 16.8 Å². The molecule has 3 N–H and O–H groups in total. The van der Waals surface area contributed by atoms with Crippen molar-refractivity contribution in [3.05, 3.63) is 30.2 Å². The van der Waals surface area contributed by atoms with Crippen LogP contribution >= 0.6 is 23.1 Å². The summed E-state index contributed by atoms with van der Waals surface area (Å²) in [5.74, 6) is -0.0380. The van der Waals surface area contributed by atoms with E-state index >= 15 is 0 Å². The first kappa shape index (κ1) is 15.2. The summed E-state index contributed by atoms with van der Waals surface area (Å²) in [6, 6.07) is 4.84. The number of carbonyl (C=O) groups excluding carboxylic acids is 2. The third-order valence-electron chi connectivity index (χ3n) is 2.47. The number of primary amides is 1. The Hall–Kier alpha value is -2.66. The highest BCUT2D eigenvalue weighted by Gasteiger charge is 2.17. The van der Waals surface area contributed by atoms with E-state index in [0.717, 1.165) is 23.1 Å². The predicted octanol–water partition coefficient (Wildman–Crippen LogP) is 1.62. The minimum atomic E-state index is -0.492. The zero-order chi connectivity index (χ0) is 16.2. The second-order valence-corrected chi connectivity index (χ2v) is 6.34. The number of nitrogens with two attached hydrogens (primary N) is 1. The van der Waals surface area contributed by atoms with Gasteiger partial charge in [-0.1, -0.05) is 28.3 Å². The molecular formula is C12H9N5O4S2. The molecule has 3 aromatic rings. The molecule has 0 bridgehead atoms. The molecule has 0 saturated carbocycles. The van der Waals surface area contributed by atoms with Crippen LogP contribution in [0.4, 0.5) is 5.13 Å². The zero-order valence-corrected chi connectivity index (χ0v) is 13.0. The van der Waals surface area contributed by atoms with Crippen molar-refractivity contribution in [2.24, 2.45) is 5.73 Å². The fourth-order valence-corrected chi connectivity index (χ4v) is 3.02. The molecule has 0 saturated heterocycles. The lowest BCUT2D eigenvalue weighted by atomic mass is 10.3. The number of amides is 2. The second-order valence-electron chi connectivity index (χ2n) is 4.14. The van der Waals surface area contributed by atoms with Gasteiger partial charge in [0.05, 0.1) is 12.0 Å². The molecule has 0 aliphatic carbocycles.